The molecule has 1 aromatic carbocycles. The first-order valence-electron chi connectivity index (χ1n) is 13.4. The van der Waals surface area contributed by atoms with Gasteiger partial charge >= 0.3 is 0 Å². The fourth-order valence-electron chi connectivity index (χ4n) is 5.23. The van der Waals surface area contributed by atoms with Gasteiger partial charge in [-0.05, 0) is 73.8 Å². The van der Waals surface area contributed by atoms with Gasteiger partial charge in [0.15, 0.2) is 0 Å². The summed E-state index contributed by atoms with van der Waals surface area (Å²) in [6.45, 7) is 1.92. The molecule has 9 heteroatoms. The summed E-state index contributed by atoms with van der Waals surface area (Å²) in [5.74, 6) is 0.387. The molecule has 1 fully saturated rings. The van der Waals surface area contributed by atoms with E-state index in [2.05, 4.69) is 25.6 Å². The number of H-pyrrole nitrogens is 1. The minimum absolute atomic E-state index is 0.0111. The van der Waals surface area contributed by atoms with Gasteiger partial charge in [0.1, 0.15) is 11.4 Å². The highest BCUT2D eigenvalue weighted by molar-refractivity contribution is 6.14. The molecule has 6 N–H and O–H groups in total. The van der Waals surface area contributed by atoms with E-state index in [-0.39, 0.29) is 11.6 Å². The average molecular weight is 531 g/mol. The fraction of sp³-hybridized carbons (Fsp3) is 0.194. The number of nitrogens with one attached hydrogen (secondary N) is 4. The maximum atomic E-state index is 12.6. The number of benzene rings is 1. The molecule has 5 aromatic rings. The number of nitrogens with two attached hydrogens (primary N) is 1. The molecule has 1 aliphatic heterocycles. The third kappa shape index (κ3) is 5.32. The number of hydrogen-bond donors (Lipinski definition) is 5. The number of fused-ring (bicyclic) bond motifs is 1. The van der Waals surface area contributed by atoms with Crippen molar-refractivity contribution in [1.82, 2.24) is 25.3 Å². The number of anilines is 2. The van der Waals surface area contributed by atoms with E-state index < -0.39 is 0 Å². The summed E-state index contributed by atoms with van der Waals surface area (Å²) >= 11 is 0. The normalized spacial score (nSPS) is 13.8. The number of aromatic amines is 1. The molecule has 9 nitrogen and oxygen atoms in total. The Labute approximate surface area is 231 Å². The summed E-state index contributed by atoms with van der Waals surface area (Å²) < 4.78 is 0. The van der Waals surface area contributed by atoms with Gasteiger partial charge in [0.2, 0.25) is 5.91 Å². The van der Waals surface area contributed by atoms with Gasteiger partial charge in [0.25, 0.3) is 0 Å². The van der Waals surface area contributed by atoms with Crippen molar-refractivity contribution < 1.29 is 4.79 Å². The zero-order chi connectivity index (χ0) is 27.5. The van der Waals surface area contributed by atoms with Gasteiger partial charge in [0, 0.05) is 47.0 Å². The third-order valence-electron chi connectivity index (χ3n) is 7.32. The molecular weight excluding hydrogens is 500 g/mol. The Hall–Kier alpha value is -4.89. The number of hydrogen-bond acceptors (Lipinski definition) is 7. The Morgan fingerprint density at radius 1 is 1.00 bits per heavy atom. The minimum Gasteiger partial charge on any atom is -0.397 e. The first-order valence-corrected chi connectivity index (χ1v) is 13.4. The zero-order valence-corrected chi connectivity index (χ0v) is 21.9. The Kier molecular flexibility index (Phi) is 7.03. The topological polar surface area (TPSA) is 145 Å². The van der Waals surface area contributed by atoms with Crippen molar-refractivity contribution in [3.63, 3.8) is 0 Å². The molecule has 4 aromatic heterocycles. The largest absolute Gasteiger partial charge is 0.397 e. The van der Waals surface area contributed by atoms with E-state index in [1.165, 1.54) is 0 Å². The van der Waals surface area contributed by atoms with Crippen LogP contribution in [0, 0.1) is 11.3 Å². The maximum absolute atomic E-state index is 12.6. The van der Waals surface area contributed by atoms with Gasteiger partial charge in [-0.3, -0.25) is 20.2 Å². The van der Waals surface area contributed by atoms with Gasteiger partial charge in [-0.15, -0.1) is 0 Å². The maximum Gasteiger partial charge on any atom is 0.224 e. The van der Waals surface area contributed by atoms with Crippen LogP contribution in [0.3, 0.4) is 0 Å². The van der Waals surface area contributed by atoms with Crippen LogP contribution in [0.1, 0.15) is 30.7 Å². The number of pyridine rings is 3. The molecule has 5 heterocycles. The van der Waals surface area contributed by atoms with E-state index in [0.717, 1.165) is 53.5 Å². The molecule has 0 spiro atoms. The lowest BCUT2D eigenvalue weighted by atomic mass is 9.94. The second-order valence-electron chi connectivity index (χ2n) is 10.1. The van der Waals surface area contributed by atoms with E-state index in [1.54, 1.807) is 30.7 Å². The zero-order valence-electron chi connectivity index (χ0n) is 21.9. The predicted molar refractivity (Wildman–Crippen MR) is 158 cm³/mol. The Bertz CT molecular complexity index is 1690. The number of carbonyl (C=O) groups excluding carboxylic acids is 1. The van der Waals surface area contributed by atoms with Crippen LogP contribution in [0.2, 0.25) is 0 Å². The monoisotopic (exact) mass is 530 g/mol. The molecule has 0 aliphatic carbocycles. The molecule has 40 heavy (non-hydrogen) atoms. The molecule has 0 radical (unpaired) electrons. The number of carbonyl (C=O) groups is 1. The van der Waals surface area contributed by atoms with Crippen molar-refractivity contribution in [2.45, 2.75) is 19.3 Å². The molecule has 0 saturated carbocycles. The number of piperidine rings is 1. The molecule has 1 amide bonds. The van der Waals surface area contributed by atoms with Gasteiger partial charge in [0.05, 0.1) is 29.0 Å². The van der Waals surface area contributed by atoms with Crippen molar-refractivity contribution in [1.29, 1.82) is 5.41 Å². The van der Waals surface area contributed by atoms with Gasteiger partial charge in [-0.1, -0.05) is 18.2 Å². The van der Waals surface area contributed by atoms with E-state index in [0.29, 0.717) is 40.8 Å². The van der Waals surface area contributed by atoms with Crippen LogP contribution in [-0.2, 0) is 4.79 Å². The van der Waals surface area contributed by atoms with Crippen LogP contribution in [0.25, 0.3) is 33.3 Å². The molecule has 6 rings (SSSR count). The SMILES string of the molecule is N=C(c1cc2c(-c3cccnc3)cccc2[nH]1)c1nc(-c2cncc(NC(=O)CC3CCNCC3)c2)ccc1N. The van der Waals surface area contributed by atoms with Crippen molar-refractivity contribution >= 4 is 33.9 Å². The van der Waals surface area contributed by atoms with Gasteiger partial charge < -0.3 is 21.4 Å². The van der Waals surface area contributed by atoms with E-state index in [4.69, 9.17) is 16.1 Å². The Balaban J connectivity index is 1.25. The molecule has 1 aliphatic rings. The van der Waals surface area contributed by atoms with E-state index in [9.17, 15) is 4.79 Å². The summed E-state index contributed by atoms with van der Waals surface area (Å²) in [7, 11) is 0. The summed E-state index contributed by atoms with van der Waals surface area (Å²) in [5.41, 5.74) is 12.8. The number of rotatable bonds is 7. The predicted octanol–water partition coefficient (Wildman–Crippen LogP) is 5.01. The fourth-order valence-corrected chi connectivity index (χ4v) is 5.23. The first kappa shape index (κ1) is 25.4. The van der Waals surface area contributed by atoms with Crippen molar-refractivity contribution in [2.24, 2.45) is 5.92 Å². The quantitative estimate of drug-likeness (QED) is 0.187. The smallest absolute Gasteiger partial charge is 0.224 e. The van der Waals surface area contributed by atoms with E-state index >= 15 is 0 Å². The summed E-state index contributed by atoms with van der Waals surface area (Å²) in [6.07, 6.45) is 9.42. The molecule has 0 atom stereocenters. The van der Waals surface area contributed by atoms with Crippen LogP contribution in [0.5, 0.6) is 0 Å². The minimum atomic E-state index is -0.0111. The second-order valence-corrected chi connectivity index (χ2v) is 10.1. The lowest BCUT2D eigenvalue weighted by Crippen LogP contribution is -2.30. The molecule has 0 bridgehead atoms. The van der Waals surface area contributed by atoms with Crippen LogP contribution < -0.4 is 16.4 Å². The van der Waals surface area contributed by atoms with Crippen molar-refractivity contribution in [3.05, 3.63) is 90.8 Å². The molecule has 1 saturated heterocycles. The van der Waals surface area contributed by atoms with Crippen LogP contribution in [0.15, 0.2) is 79.4 Å². The van der Waals surface area contributed by atoms with Crippen LogP contribution in [0.4, 0.5) is 11.4 Å². The van der Waals surface area contributed by atoms with Crippen molar-refractivity contribution in [2.75, 3.05) is 24.1 Å². The summed E-state index contributed by atoms with van der Waals surface area (Å²) in [5, 5.41) is 16.3. The summed E-state index contributed by atoms with van der Waals surface area (Å²) in [4.78, 5) is 29.3. The molecular formula is C31H30N8O. The molecule has 200 valence electrons. The van der Waals surface area contributed by atoms with Crippen molar-refractivity contribution in [3.8, 4) is 22.4 Å². The Morgan fingerprint density at radius 3 is 2.67 bits per heavy atom. The van der Waals surface area contributed by atoms with Gasteiger partial charge in [-0.25, -0.2) is 4.98 Å². The van der Waals surface area contributed by atoms with E-state index in [1.807, 2.05) is 48.7 Å². The Morgan fingerprint density at radius 2 is 1.85 bits per heavy atom. The number of amides is 1. The standard InChI is InChI=1S/C31H30N8O/c32-25-6-7-26(21-14-22(18-36-17-21)37-29(40)13-19-8-11-34-12-9-19)39-31(25)30(33)28-15-24-23(4-1-5-27(24)38-28)20-3-2-10-35-16-20/h1-7,10,14-19,33-34,38H,8-9,11-13,32H2,(H,37,40). The third-order valence-corrected chi connectivity index (χ3v) is 7.32. The number of nitrogen functional groups attached to an aromatic ring is 1. The number of nitrogens with zero attached hydrogens (tertiary/aromatic N) is 3. The highest BCUT2D eigenvalue weighted by Crippen LogP contribution is 2.30. The lowest BCUT2D eigenvalue weighted by Gasteiger charge is -2.21. The van der Waals surface area contributed by atoms with Gasteiger partial charge in [-0.2, -0.15) is 0 Å². The highest BCUT2D eigenvalue weighted by Gasteiger charge is 2.18. The van der Waals surface area contributed by atoms with Crippen LogP contribution in [-0.4, -0.2) is 44.6 Å². The first-order chi connectivity index (χ1) is 19.5. The number of aromatic nitrogens is 4. The molecule has 0 unspecified atom stereocenters. The highest BCUT2D eigenvalue weighted by atomic mass is 16.1. The summed E-state index contributed by atoms with van der Waals surface area (Å²) in [6, 6.07) is 17.3. The van der Waals surface area contributed by atoms with Crippen LogP contribution >= 0.6 is 0 Å². The second kappa shape index (κ2) is 11.1. The average Bonchev–Trinajstić information content (AvgIpc) is 3.43. The lowest BCUT2D eigenvalue weighted by molar-refractivity contribution is -0.117.